The first-order chi connectivity index (χ1) is 8.15. The normalized spacial score (nSPS) is 9.71. The molecular formula is C9H15N5O3. The van der Waals surface area contributed by atoms with Crippen LogP contribution in [0.25, 0.3) is 0 Å². The highest BCUT2D eigenvalue weighted by atomic mass is 16.5. The van der Waals surface area contributed by atoms with Crippen molar-refractivity contribution in [1.82, 2.24) is 9.97 Å². The molecule has 0 bridgehead atoms. The van der Waals surface area contributed by atoms with Gasteiger partial charge < -0.3 is 26.3 Å². The monoisotopic (exact) mass is 241 g/mol. The van der Waals surface area contributed by atoms with Crippen LogP contribution in [-0.2, 0) is 4.74 Å². The molecule has 1 rings (SSSR count). The molecule has 8 heteroatoms. The minimum atomic E-state index is -0.822. The number of nitrogens with one attached hydrogen (secondary N) is 1. The van der Waals surface area contributed by atoms with Gasteiger partial charge in [0.05, 0.1) is 13.2 Å². The van der Waals surface area contributed by atoms with E-state index in [1.54, 1.807) is 0 Å². The fraction of sp³-hybridized carbons (Fsp3) is 0.444. The van der Waals surface area contributed by atoms with Crippen molar-refractivity contribution in [2.24, 2.45) is 5.73 Å². The molecule has 0 atom stereocenters. The van der Waals surface area contributed by atoms with Crippen LogP contribution in [0.15, 0.2) is 6.33 Å². The molecule has 1 amide bonds. The zero-order valence-electron chi connectivity index (χ0n) is 9.47. The van der Waals surface area contributed by atoms with Gasteiger partial charge >= 0.3 is 6.09 Å². The van der Waals surface area contributed by atoms with Crippen molar-refractivity contribution in [3.8, 4) is 5.88 Å². The van der Waals surface area contributed by atoms with Crippen LogP contribution in [-0.4, -0.2) is 35.8 Å². The molecule has 1 heterocycles. The van der Waals surface area contributed by atoms with Gasteiger partial charge in [0.25, 0.3) is 0 Å². The summed E-state index contributed by atoms with van der Waals surface area (Å²) in [6, 6.07) is 0. The van der Waals surface area contributed by atoms with Crippen LogP contribution in [0, 0.1) is 0 Å². The van der Waals surface area contributed by atoms with Gasteiger partial charge in [-0.2, -0.15) is 4.98 Å². The predicted molar refractivity (Wildman–Crippen MR) is 61.6 cm³/mol. The number of carbonyl (C=O) groups excluding carboxylic acids is 1. The van der Waals surface area contributed by atoms with E-state index in [9.17, 15) is 4.79 Å². The van der Waals surface area contributed by atoms with Crippen molar-refractivity contribution in [2.75, 3.05) is 30.8 Å². The number of rotatable bonds is 6. The first-order valence-corrected chi connectivity index (χ1v) is 5.04. The minimum Gasteiger partial charge on any atom is -0.476 e. The second-order valence-electron chi connectivity index (χ2n) is 2.97. The molecule has 0 aliphatic rings. The lowest BCUT2D eigenvalue weighted by atomic mass is 10.4. The molecule has 8 nitrogen and oxygen atoms in total. The van der Waals surface area contributed by atoms with E-state index in [4.69, 9.17) is 16.2 Å². The molecule has 0 aliphatic carbocycles. The summed E-state index contributed by atoms with van der Waals surface area (Å²) in [6.45, 7) is 2.76. The van der Waals surface area contributed by atoms with Crippen molar-refractivity contribution < 1.29 is 14.3 Å². The average molecular weight is 241 g/mol. The van der Waals surface area contributed by atoms with E-state index in [-0.39, 0.29) is 6.61 Å². The van der Waals surface area contributed by atoms with Crippen molar-refractivity contribution >= 4 is 17.6 Å². The number of aromatic nitrogens is 2. The molecule has 0 aromatic carbocycles. The van der Waals surface area contributed by atoms with Crippen LogP contribution in [0.5, 0.6) is 5.88 Å². The largest absolute Gasteiger partial charge is 0.476 e. The van der Waals surface area contributed by atoms with E-state index in [1.165, 1.54) is 6.33 Å². The number of nitrogens with zero attached hydrogens (tertiary/aromatic N) is 2. The maximum absolute atomic E-state index is 10.3. The minimum absolute atomic E-state index is 0.128. The van der Waals surface area contributed by atoms with Crippen molar-refractivity contribution in [3.63, 3.8) is 0 Å². The Morgan fingerprint density at radius 1 is 1.53 bits per heavy atom. The first-order valence-electron chi connectivity index (χ1n) is 5.04. The summed E-state index contributed by atoms with van der Waals surface area (Å²) in [5, 5.41) is 2.88. The highest BCUT2D eigenvalue weighted by Crippen LogP contribution is 2.23. The summed E-state index contributed by atoms with van der Waals surface area (Å²) < 4.78 is 9.74. The molecule has 0 fully saturated rings. The fourth-order valence-corrected chi connectivity index (χ4v) is 1.09. The van der Waals surface area contributed by atoms with E-state index in [0.717, 1.165) is 0 Å². The standard InChI is InChI=1S/C9H15N5O3/c1-2-16-8-6(10)7(13-5-14-8)12-3-4-17-9(11)15/h5H,2-4,10H2,1H3,(H2,11,15)(H,12,13,14). The van der Waals surface area contributed by atoms with E-state index in [0.29, 0.717) is 30.5 Å². The van der Waals surface area contributed by atoms with Crippen molar-refractivity contribution in [3.05, 3.63) is 6.33 Å². The SMILES string of the molecule is CCOc1ncnc(NCCOC(N)=O)c1N. The molecule has 94 valence electrons. The Labute approximate surface area is 98.3 Å². The van der Waals surface area contributed by atoms with Gasteiger partial charge in [0, 0.05) is 0 Å². The van der Waals surface area contributed by atoms with Gasteiger partial charge in [0.15, 0.2) is 5.82 Å². The van der Waals surface area contributed by atoms with Crippen LogP contribution in [0.4, 0.5) is 16.3 Å². The topological polar surface area (TPSA) is 125 Å². The molecule has 0 saturated heterocycles. The molecule has 5 N–H and O–H groups in total. The molecule has 0 aliphatic heterocycles. The van der Waals surface area contributed by atoms with Crippen LogP contribution in [0.2, 0.25) is 0 Å². The number of hydrogen-bond acceptors (Lipinski definition) is 7. The van der Waals surface area contributed by atoms with Gasteiger partial charge in [0.2, 0.25) is 5.88 Å². The predicted octanol–water partition coefficient (Wildman–Crippen LogP) is -0.0353. The molecule has 0 saturated carbocycles. The van der Waals surface area contributed by atoms with E-state index < -0.39 is 6.09 Å². The van der Waals surface area contributed by atoms with Crippen LogP contribution in [0.1, 0.15) is 6.92 Å². The maximum Gasteiger partial charge on any atom is 0.404 e. The fourth-order valence-electron chi connectivity index (χ4n) is 1.09. The lowest BCUT2D eigenvalue weighted by molar-refractivity contribution is 0.161. The summed E-state index contributed by atoms with van der Waals surface area (Å²) in [4.78, 5) is 18.1. The van der Waals surface area contributed by atoms with Crippen LogP contribution >= 0.6 is 0 Å². The maximum atomic E-state index is 10.3. The quantitative estimate of drug-likeness (QED) is 0.597. The second-order valence-corrected chi connectivity index (χ2v) is 2.97. The molecule has 0 unspecified atom stereocenters. The smallest absolute Gasteiger partial charge is 0.404 e. The average Bonchev–Trinajstić information content (AvgIpc) is 2.29. The van der Waals surface area contributed by atoms with Gasteiger partial charge in [-0.05, 0) is 6.92 Å². The Balaban J connectivity index is 2.53. The molecule has 1 aromatic rings. The number of anilines is 2. The van der Waals surface area contributed by atoms with E-state index in [1.807, 2.05) is 6.92 Å². The summed E-state index contributed by atoms with van der Waals surface area (Å²) in [6.07, 6.45) is 0.510. The van der Waals surface area contributed by atoms with Crippen LogP contribution in [0.3, 0.4) is 0 Å². The lowest BCUT2D eigenvalue weighted by Gasteiger charge is -2.10. The van der Waals surface area contributed by atoms with Crippen molar-refractivity contribution in [1.29, 1.82) is 0 Å². The summed E-state index contributed by atoms with van der Waals surface area (Å²) >= 11 is 0. The third-order valence-electron chi connectivity index (χ3n) is 1.77. The third kappa shape index (κ3) is 4.01. The van der Waals surface area contributed by atoms with Crippen molar-refractivity contribution in [2.45, 2.75) is 6.92 Å². The third-order valence-corrected chi connectivity index (χ3v) is 1.77. The molecule has 1 aromatic heterocycles. The van der Waals surface area contributed by atoms with Gasteiger partial charge in [-0.15, -0.1) is 0 Å². The number of nitrogen functional groups attached to an aromatic ring is 1. The Hall–Kier alpha value is -2.25. The molecule has 0 radical (unpaired) electrons. The van der Waals surface area contributed by atoms with Gasteiger partial charge in [0.1, 0.15) is 18.6 Å². The van der Waals surface area contributed by atoms with E-state index >= 15 is 0 Å². The van der Waals surface area contributed by atoms with Gasteiger partial charge in [-0.1, -0.05) is 0 Å². The first kappa shape index (κ1) is 12.8. The molecule has 17 heavy (non-hydrogen) atoms. The van der Waals surface area contributed by atoms with Gasteiger partial charge in [-0.25, -0.2) is 9.78 Å². The second kappa shape index (κ2) is 6.36. The number of nitrogens with two attached hydrogens (primary N) is 2. The number of ether oxygens (including phenoxy) is 2. The summed E-state index contributed by atoms with van der Waals surface area (Å²) in [5.74, 6) is 0.748. The Bertz CT molecular complexity index is 385. The lowest BCUT2D eigenvalue weighted by Crippen LogP contribution is -2.19. The number of amides is 1. The number of carbonyl (C=O) groups is 1. The van der Waals surface area contributed by atoms with Gasteiger partial charge in [-0.3, -0.25) is 0 Å². The Morgan fingerprint density at radius 3 is 2.94 bits per heavy atom. The highest BCUT2D eigenvalue weighted by Gasteiger charge is 2.08. The summed E-state index contributed by atoms with van der Waals surface area (Å²) in [7, 11) is 0. The Morgan fingerprint density at radius 2 is 2.29 bits per heavy atom. The Kier molecular flexibility index (Phi) is 4.79. The molecular weight excluding hydrogens is 226 g/mol. The number of primary amides is 1. The highest BCUT2D eigenvalue weighted by molar-refractivity contribution is 5.66. The zero-order valence-corrected chi connectivity index (χ0v) is 9.47. The zero-order chi connectivity index (χ0) is 12.7. The van der Waals surface area contributed by atoms with Crippen LogP contribution < -0.4 is 21.5 Å². The summed E-state index contributed by atoms with van der Waals surface area (Å²) in [5.41, 5.74) is 10.9. The molecule has 0 spiro atoms. The van der Waals surface area contributed by atoms with E-state index in [2.05, 4.69) is 20.0 Å². The number of hydrogen-bond donors (Lipinski definition) is 3.